The van der Waals surface area contributed by atoms with Gasteiger partial charge in [0.05, 0.1) is 22.4 Å². The SMILES string of the molecule is O=C(/C=C/c1ccco1)Nc1ccccc1C(=O)OCC(=O)c1cccs1. The highest BCUT2D eigenvalue weighted by Crippen LogP contribution is 2.17. The van der Waals surface area contributed by atoms with Crippen LogP contribution in [0.3, 0.4) is 0 Å². The third-order valence-corrected chi connectivity index (χ3v) is 4.39. The average molecular weight is 381 g/mol. The second kappa shape index (κ2) is 8.77. The van der Waals surface area contributed by atoms with Gasteiger partial charge in [-0.2, -0.15) is 0 Å². The number of anilines is 1. The van der Waals surface area contributed by atoms with Gasteiger partial charge in [0.1, 0.15) is 5.76 Å². The number of carbonyl (C=O) groups is 3. The van der Waals surface area contributed by atoms with Gasteiger partial charge in [0.2, 0.25) is 11.7 Å². The number of para-hydroxylation sites is 1. The second-order valence-corrected chi connectivity index (χ2v) is 6.31. The molecule has 1 N–H and O–H groups in total. The molecule has 1 amide bonds. The molecule has 0 aliphatic rings. The van der Waals surface area contributed by atoms with Gasteiger partial charge < -0.3 is 14.5 Å². The number of hydrogen-bond donors (Lipinski definition) is 1. The largest absolute Gasteiger partial charge is 0.465 e. The summed E-state index contributed by atoms with van der Waals surface area (Å²) in [6.07, 6.45) is 4.30. The first kappa shape index (κ1) is 18.3. The zero-order chi connectivity index (χ0) is 19.1. The van der Waals surface area contributed by atoms with Crippen LogP contribution in [0.4, 0.5) is 5.69 Å². The summed E-state index contributed by atoms with van der Waals surface area (Å²) >= 11 is 1.28. The molecule has 0 saturated carbocycles. The molecule has 0 aliphatic heterocycles. The minimum Gasteiger partial charge on any atom is -0.465 e. The van der Waals surface area contributed by atoms with Gasteiger partial charge in [0.25, 0.3) is 0 Å². The number of ether oxygens (including phenoxy) is 1. The zero-order valence-corrected chi connectivity index (χ0v) is 14.9. The lowest BCUT2D eigenvalue weighted by Gasteiger charge is -2.09. The van der Waals surface area contributed by atoms with Crippen LogP contribution in [0.2, 0.25) is 0 Å². The molecule has 0 bridgehead atoms. The van der Waals surface area contributed by atoms with Crippen molar-refractivity contribution in [3.63, 3.8) is 0 Å². The lowest BCUT2D eigenvalue weighted by Crippen LogP contribution is -2.16. The number of nitrogens with one attached hydrogen (secondary N) is 1. The predicted molar refractivity (Wildman–Crippen MR) is 102 cm³/mol. The first-order chi connectivity index (χ1) is 13.1. The fraction of sp³-hybridized carbons (Fsp3) is 0.0500. The summed E-state index contributed by atoms with van der Waals surface area (Å²) in [4.78, 5) is 36.8. The van der Waals surface area contributed by atoms with Gasteiger partial charge in [-0.3, -0.25) is 9.59 Å². The number of Topliss-reactive ketones (excluding diaryl/α,β-unsaturated/α-hetero) is 1. The maximum atomic E-state index is 12.3. The molecule has 0 radical (unpaired) electrons. The van der Waals surface area contributed by atoms with Crippen LogP contribution < -0.4 is 5.32 Å². The molecule has 2 aromatic heterocycles. The zero-order valence-electron chi connectivity index (χ0n) is 14.1. The topological polar surface area (TPSA) is 85.6 Å². The van der Waals surface area contributed by atoms with E-state index in [0.29, 0.717) is 16.3 Å². The fourth-order valence-electron chi connectivity index (χ4n) is 2.21. The third-order valence-electron chi connectivity index (χ3n) is 3.48. The Morgan fingerprint density at radius 2 is 1.93 bits per heavy atom. The Morgan fingerprint density at radius 3 is 2.67 bits per heavy atom. The summed E-state index contributed by atoms with van der Waals surface area (Å²) in [7, 11) is 0. The van der Waals surface area contributed by atoms with Crippen molar-refractivity contribution in [1.82, 2.24) is 0 Å². The Morgan fingerprint density at radius 1 is 1.07 bits per heavy atom. The van der Waals surface area contributed by atoms with E-state index in [9.17, 15) is 14.4 Å². The van der Waals surface area contributed by atoms with E-state index in [1.54, 1.807) is 47.8 Å². The molecule has 136 valence electrons. The molecule has 0 atom stereocenters. The number of thiophene rings is 1. The number of ketones is 1. The standard InChI is InChI=1S/C20H15NO5S/c22-17(18-8-4-12-27-18)13-26-20(24)15-6-1-2-7-16(15)21-19(23)10-9-14-5-3-11-25-14/h1-12H,13H2,(H,21,23)/b10-9+. The Labute approximate surface area is 159 Å². The van der Waals surface area contributed by atoms with Gasteiger partial charge in [-0.1, -0.05) is 18.2 Å². The van der Waals surface area contributed by atoms with Crippen LogP contribution in [0.15, 0.2) is 70.7 Å². The molecule has 2 heterocycles. The van der Waals surface area contributed by atoms with Crippen LogP contribution in [0.5, 0.6) is 0 Å². The van der Waals surface area contributed by atoms with Gasteiger partial charge in [0.15, 0.2) is 6.61 Å². The van der Waals surface area contributed by atoms with Crippen molar-refractivity contribution < 1.29 is 23.5 Å². The number of carbonyl (C=O) groups excluding carboxylic acids is 3. The molecular weight excluding hydrogens is 366 g/mol. The summed E-state index contributed by atoms with van der Waals surface area (Å²) in [6, 6.07) is 13.3. The molecule has 0 unspecified atom stereocenters. The number of benzene rings is 1. The fourth-order valence-corrected chi connectivity index (χ4v) is 2.86. The number of rotatable bonds is 7. The van der Waals surface area contributed by atoms with Gasteiger partial charge >= 0.3 is 5.97 Å². The molecule has 0 spiro atoms. The summed E-state index contributed by atoms with van der Waals surface area (Å²) in [6.45, 7) is -0.361. The lowest BCUT2D eigenvalue weighted by molar-refractivity contribution is -0.111. The van der Waals surface area contributed by atoms with Crippen LogP contribution in [0, 0.1) is 0 Å². The minimum atomic E-state index is -0.689. The third kappa shape index (κ3) is 5.02. The Bertz CT molecular complexity index is 958. The monoisotopic (exact) mass is 381 g/mol. The van der Waals surface area contributed by atoms with Crippen LogP contribution in [0.1, 0.15) is 25.8 Å². The highest BCUT2D eigenvalue weighted by atomic mass is 32.1. The first-order valence-corrected chi connectivity index (χ1v) is 8.87. The molecule has 1 aromatic carbocycles. The average Bonchev–Trinajstić information content (AvgIpc) is 3.38. The van der Waals surface area contributed by atoms with Crippen molar-refractivity contribution in [3.05, 3.63) is 82.5 Å². The summed E-state index contributed by atoms with van der Waals surface area (Å²) < 4.78 is 10.2. The van der Waals surface area contributed by atoms with E-state index in [1.807, 2.05) is 0 Å². The first-order valence-electron chi connectivity index (χ1n) is 7.99. The Hall–Kier alpha value is -3.45. The van der Waals surface area contributed by atoms with Gasteiger partial charge in [0, 0.05) is 6.08 Å². The van der Waals surface area contributed by atoms with Gasteiger partial charge in [-0.05, 0) is 41.8 Å². The molecule has 7 heteroatoms. The Balaban J connectivity index is 1.63. The lowest BCUT2D eigenvalue weighted by atomic mass is 10.1. The molecule has 6 nitrogen and oxygen atoms in total. The van der Waals surface area contributed by atoms with Crippen LogP contribution >= 0.6 is 11.3 Å². The molecule has 27 heavy (non-hydrogen) atoms. The molecule has 0 aliphatic carbocycles. The van der Waals surface area contributed by atoms with Crippen molar-refractivity contribution in [1.29, 1.82) is 0 Å². The van der Waals surface area contributed by atoms with E-state index in [2.05, 4.69) is 5.32 Å². The normalized spacial score (nSPS) is 10.7. The molecular formula is C20H15NO5S. The summed E-state index contributed by atoms with van der Waals surface area (Å²) in [5.74, 6) is -0.863. The quantitative estimate of drug-likeness (QED) is 0.379. The highest BCUT2D eigenvalue weighted by molar-refractivity contribution is 7.12. The van der Waals surface area contributed by atoms with Crippen molar-refractivity contribution in [2.75, 3.05) is 11.9 Å². The van der Waals surface area contributed by atoms with Crippen molar-refractivity contribution in [3.8, 4) is 0 Å². The van der Waals surface area contributed by atoms with E-state index >= 15 is 0 Å². The van der Waals surface area contributed by atoms with E-state index in [4.69, 9.17) is 9.15 Å². The number of hydrogen-bond acceptors (Lipinski definition) is 6. The second-order valence-electron chi connectivity index (χ2n) is 5.36. The summed E-state index contributed by atoms with van der Waals surface area (Å²) in [5, 5.41) is 4.39. The Kier molecular flexibility index (Phi) is 5.96. The van der Waals surface area contributed by atoms with Crippen LogP contribution in [-0.4, -0.2) is 24.3 Å². The van der Waals surface area contributed by atoms with E-state index in [-0.39, 0.29) is 18.0 Å². The van der Waals surface area contributed by atoms with E-state index in [0.717, 1.165) is 0 Å². The highest BCUT2D eigenvalue weighted by Gasteiger charge is 2.16. The van der Waals surface area contributed by atoms with Gasteiger partial charge in [-0.25, -0.2) is 4.79 Å². The van der Waals surface area contributed by atoms with Crippen molar-refractivity contribution in [2.45, 2.75) is 0 Å². The maximum Gasteiger partial charge on any atom is 0.340 e. The summed E-state index contributed by atoms with van der Waals surface area (Å²) in [5.41, 5.74) is 0.455. The number of esters is 1. The minimum absolute atomic E-state index is 0.163. The van der Waals surface area contributed by atoms with Crippen molar-refractivity contribution in [2.24, 2.45) is 0 Å². The predicted octanol–water partition coefficient (Wildman–Crippen LogP) is 4.03. The van der Waals surface area contributed by atoms with Crippen LogP contribution in [0.25, 0.3) is 6.08 Å². The van der Waals surface area contributed by atoms with Crippen molar-refractivity contribution >= 4 is 40.8 Å². The smallest absolute Gasteiger partial charge is 0.340 e. The van der Waals surface area contributed by atoms with Crippen LogP contribution in [-0.2, 0) is 9.53 Å². The molecule has 3 rings (SSSR count). The number of amides is 1. The molecule has 0 fully saturated rings. The van der Waals surface area contributed by atoms with E-state index in [1.165, 1.54) is 35.8 Å². The number of furan rings is 1. The van der Waals surface area contributed by atoms with E-state index < -0.39 is 11.9 Å². The van der Waals surface area contributed by atoms with Gasteiger partial charge in [-0.15, -0.1) is 11.3 Å². The molecule has 0 saturated heterocycles. The molecule has 3 aromatic rings. The maximum absolute atomic E-state index is 12.3.